The highest BCUT2D eigenvalue weighted by atomic mass is 16.6. The van der Waals surface area contributed by atoms with Crippen molar-refractivity contribution in [2.45, 2.75) is 70.7 Å². The number of hydrogen-bond acceptors (Lipinski definition) is 4. The lowest BCUT2D eigenvalue weighted by Crippen LogP contribution is -2.45. The third-order valence-corrected chi connectivity index (χ3v) is 3.97. The number of nitrogens with one attached hydrogen (secondary N) is 2. The Hall–Kier alpha value is -1.75. The quantitative estimate of drug-likeness (QED) is 0.796. The number of ether oxygens (including phenoxy) is 1. The van der Waals surface area contributed by atoms with E-state index in [2.05, 4.69) is 10.6 Å². The number of para-hydroxylation sites is 1. The number of phenolic OH excluding ortho intramolecular Hbond substituents is 1. The second-order valence-electron chi connectivity index (χ2n) is 7.22. The van der Waals surface area contributed by atoms with Gasteiger partial charge in [-0.2, -0.15) is 0 Å². The molecule has 2 atom stereocenters. The topological polar surface area (TPSA) is 70.6 Å². The van der Waals surface area contributed by atoms with Crippen LogP contribution >= 0.6 is 0 Å². The SMILES string of the molecule is CC(C)(C)OC(=O)NC1CCCC(NCc2ccccc2O)C1. The minimum absolute atomic E-state index is 0.139. The molecule has 2 rings (SSSR count). The van der Waals surface area contributed by atoms with Crippen molar-refractivity contribution in [1.82, 2.24) is 10.6 Å². The van der Waals surface area contributed by atoms with Gasteiger partial charge in [0, 0.05) is 24.2 Å². The molecule has 5 heteroatoms. The van der Waals surface area contributed by atoms with Crippen molar-refractivity contribution in [3.63, 3.8) is 0 Å². The van der Waals surface area contributed by atoms with Crippen LogP contribution in [0.15, 0.2) is 24.3 Å². The monoisotopic (exact) mass is 320 g/mol. The van der Waals surface area contributed by atoms with Crippen LogP contribution in [0.25, 0.3) is 0 Å². The van der Waals surface area contributed by atoms with Crippen LogP contribution in [0.5, 0.6) is 5.75 Å². The van der Waals surface area contributed by atoms with Crippen molar-refractivity contribution >= 4 is 6.09 Å². The molecule has 2 unspecified atom stereocenters. The molecule has 0 aliphatic heterocycles. The van der Waals surface area contributed by atoms with E-state index in [-0.39, 0.29) is 12.1 Å². The standard InChI is InChI=1S/C18H28N2O3/c1-18(2,3)23-17(22)20-15-9-6-8-14(11-15)19-12-13-7-4-5-10-16(13)21/h4-5,7,10,14-15,19,21H,6,8-9,11-12H2,1-3H3,(H,20,22). The average Bonchev–Trinajstić information content (AvgIpc) is 2.45. The van der Waals surface area contributed by atoms with Gasteiger partial charge in [0.2, 0.25) is 0 Å². The molecule has 1 amide bonds. The molecular weight excluding hydrogens is 292 g/mol. The van der Waals surface area contributed by atoms with E-state index in [0.717, 1.165) is 31.2 Å². The molecule has 0 heterocycles. The van der Waals surface area contributed by atoms with Crippen LogP contribution in [0.4, 0.5) is 4.79 Å². The van der Waals surface area contributed by atoms with E-state index in [1.807, 2.05) is 39.0 Å². The van der Waals surface area contributed by atoms with Gasteiger partial charge in [0.05, 0.1) is 0 Å². The summed E-state index contributed by atoms with van der Waals surface area (Å²) >= 11 is 0. The highest BCUT2D eigenvalue weighted by molar-refractivity contribution is 5.68. The second-order valence-corrected chi connectivity index (χ2v) is 7.22. The van der Waals surface area contributed by atoms with Crippen molar-refractivity contribution in [2.75, 3.05) is 0 Å². The Morgan fingerprint density at radius 2 is 1.96 bits per heavy atom. The fraction of sp³-hybridized carbons (Fsp3) is 0.611. The summed E-state index contributed by atoms with van der Waals surface area (Å²) in [5, 5.41) is 16.2. The first kappa shape index (κ1) is 17.6. The van der Waals surface area contributed by atoms with E-state index in [0.29, 0.717) is 18.3 Å². The van der Waals surface area contributed by atoms with Crippen molar-refractivity contribution in [1.29, 1.82) is 0 Å². The summed E-state index contributed by atoms with van der Waals surface area (Å²) in [5.41, 5.74) is 0.427. The molecular formula is C18H28N2O3. The predicted molar refractivity (Wildman–Crippen MR) is 90.4 cm³/mol. The van der Waals surface area contributed by atoms with Crippen molar-refractivity contribution < 1.29 is 14.6 Å². The number of aromatic hydroxyl groups is 1. The zero-order chi connectivity index (χ0) is 16.9. The van der Waals surface area contributed by atoms with Gasteiger partial charge in [0.25, 0.3) is 0 Å². The first-order valence-electron chi connectivity index (χ1n) is 8.33. The van der Waals surface area contributed by atoms with E-state index < -0.39 is 5.60 Å². The summed E-state index contributed by atoms with van der Waals surface area (Å²) in [7, 11) is 0. The number of hydrogen-bond donors (Lipinski definition) is 3. The summed E-state index contributed by atoms with van der Waals surface area (Å²) in [5.74, 6) is 0.319. The van der Waals surface area contributed by atoms with Gasteiger partial charge in [-0.05, 0) is 52.5 Å². The van der Waals surface area contributed by atoms with Crippen LogP contribution in [0, 0.1) is 0 Å². The molecule has 0 saturated heterocycles. The van der Waals surface area contributed by atoms with Gasteiger partial charge in [0.15, 0.2) is 0 Å². The van der Waals surface area contributed by atoms with Crippen LogP contribution in [-0.4, -0.2) is 28.9 Å². The lowest BCUT2D eigenvalue weighted by molar-refractivity contribution is 0.0488. The summed E-state index contributed by atoms with van der Waals surface area (Å²) in [6.45, 7) is 6.23. The maximum absolute atomic E-state index is 11.9. The molecule has 3 N–H and O–H groups in total. The number of carbonyl (C=O) groups excluding carboxylic acids is 1. The molecule has 23 heavy (non-hydrogen) atoms. The zero-order valence-corrected chi connectivity index (χ0v) is 14.3. The van der Waals surface area contributed by atoms with E-state index in [1.165, 1.54) is 0 Å². The normalized spacial score (nSPS) is 21.7. The first-order chi connectivity index (χ1) is 10.8. The number of carbonyl (C=O) groups is 1. The second kappa shape index (κ2) is 7.68. The minimum atomic E-state index is -0.471. The first-order valence-corrected chi connectivity index (χ1v) is 8.33. The number of phenols is 1. The lowest BCUT2D eigenvalue weighted by Gasteiger charge is -2.31. The predicted octanol–water partition coefficient (Wildman–Crippen LogP) is 3.32. The van der Waals surface area contributed by atoms with Crippen molar-refractivity contribution in [3.05, 3.63) is 29.8 Å². The smallest absolute Gasteiger partial charge is 0.407 e. The summed E-state index contributed by atoms with van der Waals surface area (Å²) in [6.07, 6.45) is 3.67. The largest absolute Gasteiger partial charge is 0.508 e. The van der Waals surface area contributed by atoms with E-state index in [9.17, 15) is 9.90 Å². The Labute approximate surface area is 138 Å². The van der Waals surface area contributed by atoms with Gasteiger partial charge in [-0.1, -0.05) is 18.2 Å². The molecule has 0 spiro atoms. The number of alkyl carbamates (subject to hydrolysis) is 1. The maximum atomic E-state index is 11.9. The Bertz CT molecular complexity index is 525. The summed E-state index contributed by atoms with van der Waals surface area (Å²) < 4.78 is 5.32. The van der Waals surface area contributed by atoms with Gasteiger partial charge < -0.3 is 20.5 Å². The average molecular weight is 320 g/mol. The number of amides is 1. The molecule has 1 aliphatic rings. The van der Waals surface area contributed by atoms with Crippen LogP contribution in [-0.2, 0) is 11.3 Å². The van der Waals surface area contributed by atoms with E-state index >= 15 is 0 Å². The Kier molecular flexibility index (Phi) is 5.88. The van der Waals surface area contributed by atoms with Crippen LogP contribution in [0.3, 0.4) is 0 Å². The Balaban J connectivity index is 1.79. The fourth-order valence-electron chi connectivity index (χ4n) is 2.90. The minimum Gasteiger partial charge on any atom is -0.508 e. The number of rotatable bonds is 4. The van der Waals surface area contributed by atoms with Gasteiger partial charge >= 0.3 is 6.09 Å². The van der Waals surface area contributed by atoms with Crippen molar-refractivity contribution in [3.8, 4) is 5.75 Å². The summed E-state index contributed by atoms with van der Waals surface area (Å²) in [6, 6.07) is 7.83. The molecule has 5 nitrogen and oxygen atoms in total. The lowest BCUT2D eigenvalue weighted by atomic mass is 9.91. The van der Waals surface area contributed by atoms with Crippen LogP contribution in [0.2, 0.25) is 0 Å². The zero-order valence-electron chi connectivity index (χ0n) is 14.3. The molecule has 0 radical (unpaired) electrons. The fourth-order valence-corrected chi connectivity index (χ4v) is 2.90. The molecule has 1 saturated carbocycles. The van der Waals surface area contributed by atoms with E-state index in [4.69, 9.17) is 4.74 Å². The van der Waals surface area contributed by atoms with Gasteiger partial charge in [-0.3, -0.25) is 0 Å². The molecule has 1 aromatic rings. The van der Waals surface area contributed by atoms with Crippen LogP contribution < -0.4 is 10.6 Å². The highest BCUT2D eigenvalue weighted by Gasteiger charge is 2.25. The summed E-state index contributed by atoms with van der Waals surface area (Å²) in [4.78, 5) is 11.9. The molecule has 1 fully saturated rings. The van der Waals surface area contributed by atoms with Crippen molar-refractivity contribution in [2.24, 2.45) is 0 Å². The molecule has 0 bridgehead atoms. The van der Waals surface area contributed by atoms with Gasteiger partial charge in [-0.25, -0.2) is 4.79 Å². The Morgan fingerprint density at radius 3 is 2.65 bits per heavy atom. The molecule has 0 aromatic heterocycles. The molecule has 128 valence electrons. The third-order valence-electron chi connectivity index (χ3n) is 3.97. The van der Waals surface area contributed by atoms with E-state index in [1.54, 1.807) is 6.07 Å². The highest BCUT2D eigenvalue weighted by Crippen LogP contribution is 2.21. The number of benzene rings is 1. The third kappa shape index (κ3) is 6.10. The van der Waals surface area contributed by atoms with Gasteiger partial charge in [0.1, 0.15) is 11.4 Å². The molecule has 1 aliphatic carbocycles. The molecule has 1 aromatic carbocycles. The van der Waals surface area contributed by atoms with Crippen LogP contribution in [0.1, 0.15) is 52.0 Å². The maximum Gasteiger partial charge on any atom is 0.407 e. The Morgan fingerprint density at radius 1 is 1.26 bits per heavy atom. The van der Waals surface area contributed by atoms with Gasteiger partial charge in [-0.15, -0.1) is 0 Å².